The normalized spacial score (nSPS) is 11.1. The molecule has 2 radical (unpaired) electrons. The minimum atomic E-state index is -0.477. The molecule has 90 valence electrons. The topological polar surface area (TPSA) is 38.3 Å². The molecule has 0 aromatic heterocycles. The predicted molar refractivity (Wildman–Crippen MR) is 69.6 cm³/mol. The summed E-state index contributed by atoms with van der Waals surface area (Å²) in [5.74, 6) is 0. The average Bonchev–Trinajstić information content (AvgIpc) is 2.17. The maximum atomic E-state index is 11.5. The fourth-order valence-electron chi connectivity index (χ4n) is 1.36. The molecule has 1 aromatic carbocycles. The predicted octanol–water partition coefficient (Wildman–Crippen LogP) is 1.81. The summed E-state index contributed by atoms with van der Waals surface area (Å²) in [6.07, 6.45) is -0.417. The van der Waals surface area contributed by atoms with Crippen molar-refractivity contribution < 1.29 is 9.53 Å². The van der Waals surface area contributed by atoms with Crippen LogP contribution in [0, 0.1) is 6.92 Å². The number of aryl methyl sites for hydroxylation is 1. The largest absolute Gasteiger partial charge is 0.444 e. The van der Waals surface area contributed by atoms with E-state index in [0.29, 0.717) is 12.0 Å². The first-order chi connectivity index (χ1) is 7.78. The third-order valence-corrected chi connectivity index (χ3v) is 2.20. The molecule has 1 N–H and O–H groups in total. The lowest BCUT2D eigenvalue weighted by Gasteiger charge is -2.20. The minimum Gasteiger partial charge on any atom is -0.444 e. The molecule has 0 unspecified atom stereocenters. The standard InChI is InChI=1S/C13H18BNO2/c1-9-5-6-11(14)7-10(9)8-15-12(16)17-13(2,3)4/h5-7H,8H2,1-4H3,(H,15,16). The van der Waals surface area contributed by atoms with E-state index in [0.717, 1.165) is 11.1 Å². The summed E-state index contributed by atoms with van der Waals surface area (Å²) in [6, 6.07) is 5.63. The Balaban J connectivity index is 2.56. The number of hydrogen-bond donors (Lipinski definition) is 1. The molecule has 1 rings (SSSR count). The zero-order chi connectivity index (χ0) is 13.1. The first-order valence-corrected chi connectivity index (χ1v) is 5.60. The van der Waals surface area contributed by atoms with E-state index in [1.54, 1.807) is 0 Å². The first-order valence-electron chi connectivity index (χ1n) is 5.60. The van der Waals surface area contributed by atoms with Crippen molar-refractivity contribution in [1.82, 2.24) is 5.32 Å². The number of hydrogen-bond acceptors (Lipinski definition) is 2. The van der Waals surface area contributed by atoms with Gasteiger partial charge in [0, 0.05) is 6.54 Å². The molecule has 0 heterocycles. The molecule has 0 spiro atoms. The second kappa shape index (κ2) is 5.26. The molecule has 0 aliphatic heterocycles. The van der Waals surface area contributed by atoms with Gasteiger partial charge in [-0.3, -0.25) is 0 Å². The molecule has 0 aliphatic rings. The molecule has 1 amide bonds. The Morgan fingerprint density at radius 2 is 2.06 bits per heavy atom. The smallest absolute Gasteiger partial charge is 0.407 e. The van der Waals surface area contributed by atoms with Crippen molar-refractivity contribution >= 4 is 19.4 Å². The number of carbonyl (C=O) groups excluding carboxylic acids is 1. The van der Waals surface area contributed by atoms with Crippen LogP contribution in [-0.4, -0.2) is 19.5 Å². The number of nitrogens with one attached hydrogen (secondary N) is 1. The number of rotatable bonds is 2. The van der Waals surface area contributed by atoms with Crippen LogP contribution < -0.4 is 10.8 Å². The summed E-state index contributed by atoms with van der Waals surface area (Å²) < 4.78 is 5.15. The fraction of sp³-hybridized carbons (Fsp3) is 0.462. The monoisotopic (exact) mass is 231 g/mol. The Bertz CT molecular complexity index is 410. The zero-order valence-corrected chi connectivity index (χ0v) is 10.8. The first kappa shape index (κ1) is 13.6. The third kappa shape index (κ3) is 4.94. The van der Waals surface area contributed by atoms with E-state index in [9.17, 15) is 4.79 Å². The highest BCUT2D eigenvalue weighted by Crippen LogP contribution is 2.08. The van der Waals surface area contributed by atoms with Gasteiger partial charge in [0.25, 0.3) is 0 Å². The van der Waals surface area contributed by atoms with E-state index >= 15 is 0 Å². The van der Waals surface area contributed by atoms with Crippen LogP contribution in [0.5, 0.6) is 0 Å². The van der Waals surface area contributed by atoms with E-state index < -0.39 is 11.7 Å². The summed E-state index contributed by atoms with van der Waals surface area (Å²) in [6.45, 7) is 7.90. The Morgan fingerprint density at radius 3 is 2.65 bits per heavy atom. The molecule has 0 aliphatic carbocycles. The molecule has 0 atom stereocenters. The van der Waals surface area contributed by atoms with Crippen LogP contribution in [0.4, 0.5) is 4.79 Å². The lowest BCUT2D eigenvalue weighted by atomic mass is 9.92. The van der Waals surface area contributed by atoms with Crippen LogP contribution in [0.2, 0.25) is 0 Å². The van der Waals surface area contributed by atoms with Crippen LogP contribution in [0.25, 0.3) is 0 Å². The summed E-state index contributed by atoms with van der Waals surface area (Å²) in [5.41, 5.74) is 2.30. The molecular weight excluding hydrogens is 213 g/mol. The second-order valence-corrected chi connectivity index (χ2v) is 5.04. The van der Waals surface area contributed by atoms with Crippen LogP contribution in [0.3, 0.4) is 0 Å². The quantitative estimate of drug-likeness (QED) is 0.788. The van der Waals surface area contributed by atoms with Crippen LogP contribution in [0.15, 0.2) is 18.2 Å². The number of alkyl carbamates (subject to hydrolysis) is 1. The van der Waals surface area contributed by atoms with Crippen LogP contribution in [0.1, 0.15) is 31.9 Å². The van der Waals surface area contributed by atoms with E-state index in [1.807, 2.05) is 45.9 Å². The Labute approximate surface area is 104 Å². The maximum Gasteiger partial charge on any atom is 0.407 e. The van der Waals surface area contributed by atoms with Crippen molar-refractivity contribution in [3.63, 3.8) is 0 Å². The average molecular weight is 231 g/mol. The summed E-state index contributed by atoms with van der Waals surface area (Å²) >= 11 is 0. The number of ether oxygens (including phenoxy) is 1. The molecule has 0 saturated heterocycles. The lowest BCUT2D eigenvalue weighted by molar-refractivity contribution is 0.0523. The Hall–Kier alpha value is -1.45. The molecule has 1 aromatic rings. The SMILES string of the molecule is [B]c1ccc(C)c(CNC(=O)OC(C)(C)C)c1. The van der Waals surface area contributed by atoms with E-state index in [2.05, 4.69) is 5.32 Å². The molecular formula is C13H18BNO2. The highest BCUT2D eigenvalue weighted by Gasteiger charge is 2.15. The summed E-state index contributed by atoms with van der Waals surface area (Å²) in [5, 5.41) is 2.71. The van der Waals surface area contributed by atoms with Crippen LogP contribution >= 0.6 is 0 Å². The molecule has 0 fully saturated rings. The molecule has 4 heteroatoms. The van der Waals surface area contributed by atoms with Gasteiger partial charge in [-0.15, -0.1) is 0 Å². The molecule has 3 nitrogen and oxygen atoms in total. The minimum absolute atomic E-state index is 0.417. The van der Waals surface area contributed by atoms with Crippen molar-refractivity contribution in [3.8, 4) is 0 Å². The van der Waals surface area contributed by atoms with Gasteiger partial charge in [-0.25, -0.2) is 4.79 Å². The summed E-state index contributed by atoms with van der Waals surface area (Å²) in [4.78, 5) is 11.5. The van der Waals surface area contributed by atoms with Gasteiger partial charge in [0.2, 0.25) is 0 Å². The van der Waals surface area contributed by atoms with Gasteiger partial charge in [-0.05, 0) is 38.8 Å². The van der Waals surface area contributed by atoms with Gasteiger partial charge in [0.1, 0.15) is 13.4 Å². The van der Waals surface area contributed by atoms with Gasteiger partial charge in [0.05, 0.1) is 0 Å². The third-order valence-electron chi connectivity index (χ3n) is 2.20. The molecule has 0 saturated carbocycles. The van der Waals surface area contributed by atoms with E-state index in [-0.39, 0.29) is 0 Å². The van der Waals surface area contributed by atoms with Crippen molar-refractivity contribution in [3.05, 3.63) is 29.3 Å². The Morgan fingerprint density at radius 1 is 1.41 bits per heavy atom. The van der Waals surface area contributed by atoms with E-state index in [1.165, 1.54) is 0 Å². The van der Waals surface area contributed by atoms with Gasteiger partial charge in [-0.1, -0.05) is 23.7 Å². The van der Waals surface area contributed by atoms with Gasteiger partial charge < -0.3 is 10.1 Å². The fourth-order valence-corrected chi connectivity index (χ4v) is 1.36. The number of amides is 1. The van der Waals surface area contributed by atoms with Crippen LogP contribution in [-0.2, 0) is 11.3 Å². The van der Waals surface area contributed by atoms with Gasteiger partial charge >= 0.3 is 6.09 Å². The Kier molecular flexibility index (Phi) is 4.21. The van der Waals surface area contributed by atoms with Gasteiger partial charge in [-0.2, -0.15) is 0 Å². The van der Waals surface area contributed by atoms with Crippen molar-refractivity contribution in [2.75, 3.05) is 0 Å². The highest BCUT2D eigenvalue weighted by molar-refractivity contribution is 6.32. The zero-order valence-electron chi connectivity index (χ0n) is 10.8. The highest BCUT2D eigenvalue weighted by atomic mass is 16.6. The van der Waals surface area contributed by atoms with Crippen molar-refractivity contribution in [2.24, 2.45) is 0 Å². The van der Waals surface area contributed by atoms with Crippen molar-refractivity contribution in [2.45, 2.75) is 39.8 Å². The number of carbonyl (C=O) groups is 1. The molecule has 0 bridgehead atoms. The molecule has 17 heavy (non-hydrogen) atoms. The van der Waals surface area contributed by atoms with Crippen molar-refractivity contribution in [1.29, 1.82) is 0 Å². The maximum absolute atomic E-state index is 11.5. The lowest BCUT2D eigenvalue weighted by Crippen LogP contribution is -2.32. The number of benzene rings is 1. The van der Waals surface area contributed by atoms with Gasteiger partial charge in [0.15, 0.2) is 0 Å². The van der Waals surface area contributed by atoms with E-state index in [4.69, 9.17) is 12.6 Å². The second-order valence-electron chi connectivity index (χ2n) is 5.04. The summed E-state index contributed by atoms with van der Waals surface area (Å²) in [7, 11) is 5.69.